The Balaban J connectivity index is 2.51. The van der Waals surface area contributed by atoms with Crippen LogP contribution >= 0.6 is 0 Å². The second-order valence-corrected chi connectivity index (χ2v) is 5.31. The molecule has 3 heteroatoms. The van der Waals surface area contributed by atoms with Gasteiger partial charge in [0.25, 0.3) is 0 Å². The highest BCUT2D eigenvalue weighted by molar-refractivity contribution is 5.83. The Morgan fingerprint density at radius 3 is 2.42 bits per heavy atom. The van der Waals surface area contributed by atoms with Gasteiger partial charge in [-0.25, -0.2) is 0 Å². The summed E-state index contributed by atoms with van der Waals surface area (Å²) in [4.78, 5) is 12.2. The summed E-state index contributed by atoms with van der Waals surface area (Å²) < 4.78 is 0. The number of aliphatic hydroxyl groups excluding tert-OH is 1. The van der Waals surface area contributed by atoms with Gasteiger partial charge in [-0.1, -0.05) is 44.2 Å². The first kappa shape index (κ1) is 15.7. The molecule has 2 N–H and O–H groups in total. The largest absolute Gasteiger partial charge is 0.393 e. The van der Waals surface area contributed by atoms with Crippen LogP contribution in [0.5, 0.6) is 0 Å². The molecule has 0 aromatic heterocycles. The summed E-state index contributed by atoms with van der Waals surface area (Å²) in [5.41, 5.74) is 1.06. The van der Waals surface area contributed by atoms with Crippen LogP contribution in [-0.4, -0.2) is 23.7 Å². The average Bonchev–Trinajstić information content (AvgIpc) is 2.38. The molecule has 0 bridgehead atoms. The zero-order valence-corrected chi connectivity index (χ0v) is 12.1. The molecule has 0 aliphatic carbocycles. The van der Waals surface area contributed by atoms with E-state index in [0.717, 1.165) is 12.0 Å². The third kappa shape index (κ3) is 5.43. The number of benzene rings is 1. The Morgan fingerprint density at radius 2 is 1.89 bits per heavy atom. The Morgan fingerprint density at radius 1 is 1.26 bits per heavy atom. The highest BCUT2D eigenvalue weighted by Crippen LogP contribution is 2.19. The summed E-state index contributed by atoms with van der Waals surface area (Å²) in [6, 6.07) is 9.86. The highest BCUT2D eigenvalue weighted by atomic mass is 16.3. The van der Waals surface area contributed by atoms with Gasteiger partial charge in [-0.3, -0.25) is 4.79 Å². The fourth-order valence-corrected chi connectivity index (χ4v) is 2.32. The molecule has 1 rings (SSSR count). The number of carbonyl (C=O) groups excluding carboxylic acids is 1. The molecule has 19 heavy (non-hydrogen) atoms. The molecule has 1 aromatic carbocycles. The molecule has 1 aromatic rings. The van der Waals surface area contributed by atoms with Crippen molar-refractivity contribution in [2.75, 3.05) is 6.54 Å². The van der Waals surface area contributed by atoms with Gasteiger partial charge in [0.2, 0.25) is 5.91 Å². The number of carbonyl (C=O) groups is 1. The lowest BCUT2D eigenvalue weighted by atomic mass is 9.95. The molecule has 0 spiro atoms. The maximum atomic E-state index is 12.2. The van der Waals surface area contributed by atoms with Crippen LogP contribution < -0.4 is 5.32 Å². The van der Waals surface area contributed by atoms with Gasteiger partial charge < -0.3 is 10.4 Å². The predicted octanol–water partition coefficient (Wildman–Crippen LogP) is 2.70. The van der Waals surface area contributed by atoms with Crippen molar-refractivity contribution >= 4 is 5.91 Å². The molecule has 0 saturated carbocycles. The van der Waals surface area contributed by atoms with Crippen molar-refractivity contribution in [3.8, 4) is 0 Å². The van der Waals surface area contributed by atoms with Gasteiger partial charge in [0, 0.05) is 6.54 Å². The van der Waals surface area contributed by atoms with Crippen molar-refractivity contribution in [1.82, 2.24) is 5.32 Å². The molecule has 0 heterocycles. The summed E-state index contributed by atoms with van der Waals surface area (Å²) in [5, 5.41) is 12.3. The number of nitrogens with one attached hydrogen (secondary N) is 1. The van der Waals surface area contributed by atoms with Crippen molar-refractivity contribution < 1.29 is 9.90 Å². The molecule has 0 fully saturated rings. The van der Waals surface area contributed by atoms with Crippen LogP contribution in [0.15, 0.2) is 30.3 Å². The van der Waals surface area contributed by atoms with Crippen LogP contribution in [0.3, 0.4) is 0 Å². The van der Waals surface area contributed by atoms with Crippen molar-refractivity contribution in [2.24, 2.45) is 5.92 Å². The van der Waals surface area contributed by atoms with Gasteiger partial charge in [-0.15, -0.1) is 0 Å². The minimum absolute atomic E-state index is 0.0751. The van der Waals surface area contributed by atoms with E-state index in [0.29, 0.717) is 13.0 Å². The van der Waals surface area contributed by atoms with E-state index in [9.17, 15) is 9.90 Å². The predicted molar refractivity (Wildman–Crippen MR) is 77.9 cm³/mol. The molecule has 106 valence electrons. The van der Waals surface area contributed by atoms with Gasteiger partial charge in [0.1, 0.15) is 0 Å². The Bertz CT molecular complexity index is 376. The molecule has 0 radical (unpaired) electrons. The van der Waals surface area contributed by atoms with Crippen molar-refractivity contribution in [3.05, 3.63) is 35.9 Å². The fourth-order valence-electron chi connectivity index (χ4n) is 2.32. The number of amides is 1. The SMILES string of the molecule is CCC(C(=O)NCC(C)CC(C)O)c1ccccc1. The van der Waals surface area contributed by atoms with Gasteiger partial charge in [0.15, 0.2) is 0 Å². The van der Waals surface area contributed by atoms with Gasteiger partial charge >= 0.3 is 0 Å². The first-order valence-corrected chi connectivity index (χ1v) is 7.05. The summed E-state index contributed by atoms with van der Waals surface area (Å²) in [7, 11) is 0. The van der Waals surface area contributed by atoms with E-state index in [1.54, 1.807) is 6.92 Å². The van der Waals surface area contributed by atoms with E-state index >= 15 is 0 Å². The smallest absolute Gasteiger partial charge is 0.227 e. The topological polar surface area (TPSA) is 49.3 Å². The average molecular weight is 263 g/mol. The summed E-state index contributed by atoms with van der Waals surface area (Å²) in [6.07, 6.45) is 1.19. The van der Waals surface area contributed by atoms with Gasteiger partial charge in [-0.05, 0) is 31.2 Å². The van der Waals surface area contributed by atoms with E-state index in [1.807, 2.05) is 44.2 Å². The number of hydrogen-bond donors (Lipinski definition) is 2. The van der Waals surface area contributed by atoms with E-state index in [-0.39, 0.29) is 23.8 Å². The molecule has 3 atom stereocenters. The first-order chi connectivity index (χ1) is 9.04. The van der Waals surface area contributed by atoms with Crippen LogP contribution in [0.2, 0.25) is 0 Å². The van der Waals surface area contributed by atoms with Gasteiger partial charge in [-0.2, -0.15) is 0 Å². The minimum Gasteiger partial charge on any atom is -0.393 e. The van der Waals surface area contributed by atoms with E-state index < -0.39 is 0 Å². The third-order valence-electron chi connectivity index (χ3n) is 3.29. The van der Waals surface area contributed by atoms with Crippen LogP contribution in [-0.2, 0) is 4.79 Å². The Kier molecular flexibility index (Phi) is 6.57. The highest BCUT2D eigenvalue weighted by Gasteiger charge is 2.18. The maximum Gasteiger partial charge on any atom is 0.227 e. The molecule has 0 aliphatic rings. The zero-order valence-electron chi connectivity index (χ0n) is 12.1. The number of rotatable bonds is 7. The van der Waals surface area contributed by atoms with E-state index in [1.165, 1.54) is 0 Å². The van der Waals surface area contributed by atoms with Crippen LogP contribution in [0.25, 0.3) is 0 Å². The second-order valence-electron chi connectivity index (χ2n) is 5.31. The molecule has 0 saturated heterocycles. The quantitative estimate of drug-likeness (QED) is 0.794. The monoisotopic (exact) mass is 263 g/mol. The minimum atomic E-state index is -0.317. The van der Waals surface area contributed by atoms with E-state index in [2.05, 4.69) is 5.32 Å². The fraction of sp³-hybridized carbons (Fsp3) is 0.562. The molecule has 0 aliphatic heterocycles. The summed E-state index contributed by atoms with van der Waals surface area (Å²) in [6.45, 7) is 6.46. The Hall–Kier alpha value is -1.35. The molecular formula is C16H25NO2. The summed E-state index contributed by atoms with van der Waals surface area (Å²) >= 11 is 0. The first-order valence-electron chi connectivity index (χ1n) is 7.05. The molecule has 3 nitrogen and oxygen atoms in total. The normalized spacial score (nSPS) is 15.6. The standard InChI is InChI=1S/C16H25NO2/c1-4-15(14-8-6-5-7-9-14)16(19)17-11-12(2)10-13(3)18/h5-9,12-13,15,18H,4,10-11H2,1-3H3,(H,17,19). The van der Waals surface area contributed by atoms with Gasteiger partial charge in [0.05, 0.1) is 12.0 Å². The molecule has 1 amide bonds. The lowest BCUT2D eigenvalue weighted by Crippen LogP contribution is -2.33. The number of aliphatic hydroxyl groups is 1. The number of hydrogen-bond acceptors (Lipinski definition) is 2. The molecular weight excluding hydrogens is 238 g/mol. The van der Waals surface area contributed by atoms with Crippen molar-refractivity contribution in [3.63, 3.8) is 0 Å². The lowest BCUT2D eigenvalue weighted by Gasteiger charge is -2.18. The zero-order chi connectivity index (χ0) is 14.3. The third-order valence-corrected chi connectivity index (χ3v) is 3.29. The van der Waals surface area contributed by atoms with E-state index in [4.69, 9.17) is 0 Å². The second kappa shape index (κ2) is 7.95. The lowest BCUT2D eigenvalue weighted by molar-refractivity contribution is -0.122. The van der Waals surface area contributed by atoms with Crippen LogP contribution in [0.4, 0.5) is 0 Å². The maximum absolute atomic E-state index is 12.2. The summed E-state index contributed by atoms with van der Waals surface area (Å²) in [5.74, 6) is 0.281. The molecule has 3 unspecified atom stereocenters. The van der Waals surface area contributed by atoms with Crippen molar-refractivity contribution in [2.45, 2.75) is 45.6 Å². The van der Waals surface area contributed by atoms with Crippen LogP contribution in [0.1, 0.15) is 45.1 Å². The van der Waals surface area contributed by atoms with Crippen molar-refractivity contribution in [1.29, 1.82) is 0 Å². The van der Waals surface area contributed by atoms with Crippen LogP contribution in [0, 0.1) is 5.92 Å². The Labute approximate surface area is 116 Å².